The number of carbonyl (C=O) groups is 4. The van der Waals surface area contributed by atoms with Gasteiger partial charge in [-0.3, -0.25) is 9.59 Å². The van der Waals surface area contributed by atoms with Crippen molar-refractivity contribution in [2.24, 2.45) is 5.92 Å². The Morgan fingerprint density at radius 2 is 1.34 bits per heavy atom. The van der Waals surface area contributed by atoms with Crippen LogP contribution < -0.4 is 0 Å². The van der Waals surface area contributed by atoms with Gasteiger partial charge in [0.05, 0.1) is 6.61 Å². The molecule has 6 heteroatoms. The van der Waals surface area contributed by atoms with Crippen LogP contribution in [0, 0.1) is 12.8 Å². The molecule has 1 N–H and O–H groups in total. The van der Waals surface area contributed by atoms with Crippen LogP contribution >= 0.6 is 0 Å². The van der Waals surface area contributed by atoms with Gasteiger partial charge in [0, 0.05) is 42.3 Å². The Bertz CT molecular complexity index is 1490. The molecular formula is C47H73NO5. The number of H-pyrrole nitrogens is 1. The topological polar surface area (TPSA) is 93.3 Å². The third kappa shape index (κ3) is 27.2. The number of nitrogens with one attached hydrogen (secondary N) is 1. The maximum Gasteiger partial charge on any atom is 0.305 e. The van der Waals surface area contributed by atoms with E-state index in [2.05, 4.69) is 111 Å². The first kappa shape index (κ1) is 51.0. The van der Waals surface area contributed by atoms with Crippen LogP contribution in [0.2, 0.25) is 0 Å². The Morgan fingerprint density at radius 1 is 0.755 bits per heavy atom. The lowest BCUT2D eigenvalue weighted by molar-refractivity contribution is -0.142. The molecule has 4 rings (SSSR count). The number of rotatable bonds is 13. The molecule has 296 valence electrons. The highest BCUT2D eigenvalue weighted by Gasteiger charge is 2.08. The minimum Gasteiger partial charge on any atom is -0.466 e. The number of fused-ring (bicyclic) bond motifs is 1. The highest BCUT2D eigenvalue weighted by atomic mass is 16.5. The van der Waals surface area contributed by atoms with Gasteiger partial charge < -0.3 is 19.3 Å². The third-order valence-electron chi connectivity index (χ3n) is 8.22. The van der Waals surface area contributed by atoms with Gasteiger partial charge in [0.1, 0.15) is 17.3 Å². The number of Topliss-reactive ketones (excluding diaryl/α,β-unsaturated/α-hetero) is 3. The molecule has 1 aromatic heterocycles. The van der Waals surface area contributed by atoms with Crippen LogP contribution in [0.4, 0.5) is 0 Å². The highest BCUT2D eigenvalue weighted by Crippen LogP contribution is 2.21. The number of allylic oxidation sites excluding steroid dienone is 4. The minimum atomic E-state index is -0.123. The van der Waals surface area contributed by atoms with Gasteiger partial charge in [-0.05, 0) is 95.5 Å². The number of aromatic amines is 1. The molecule has 1 atom stereocenters. The summed E-state index contributed by atoms with van der Waals surface area (Å²) in [6.45, 7) is 23.3. The van der Waals surface area contributed by atoms with Crippen LogP contribution in [0.25, 0.3) is 10.9 Å². The zero-order valence-electron chi connectivity index (χ0n) is 35.5. The molecule has 0 radical (unpaired) electrons. The lowest BCUT2D eigenvalue weighted by Gasteiger charge is -2.01. The lowest BCUT2D eigenvalue weighted by atomic mass is 10.0. The van der Waals surface area contributed by atoms with Crippen LogP contribution in [0.15, 0.2) is 72.5 Å². The van der Waals surface area contributed by atoms with Crippen LogP contribution in [0.5, 0.6) is 0 Å². The summed E-state index contributed by atoms with van der Waals surface area (Å²) < 4.78 is 4.55. The largest absolute Gasteiger partial charge is 0.466 e. The number of esters is 1. The first-order chi connectivity index (χ1) is 25.2. The zero-order valence-corrected chi connectivity index (χ0v) is 35.5. The molecule has 2 aromatic carbocycles. The Morgan fingerprint density at radius 3 is 1.74 bits per heavy atom. The molecule has 53 heavy (non-hydrogen) atoms. The fraction of sp³-hybridized carbons (Fsp3) is 0.532. The molecular weight excluding hydrogens is 659 g/mol. The summed E-state index contributed by atoms with van der Waals surface area (Å²) in [6.07, 6.45) is 20.0. The molecule has 0 spiro atoms. The SMILES string of the molecule is CC(=O)CC(C)C(C)=O.CCC(C)=O.CCCC1=CC=CC1.CCCc1c[nH]c2ccc(CC)cc12.CCCc1ccc(C)cc1.CCOC(=O)CC. The quantitative estimate of drug-likeness (QED) is 0.177. The van der Waals surface area contributed by atoms with Gasteiger partial charge in [0.25, 0.3) is 0 Å². The molecule has 0 amide bonds. The second-order valence-corrected chi connectivity index (χ2v) is 13.4. The first-order valence-corrected chi connectivity index (χ1v) is 19.9. The molecule has 1 unspecified atom stereocenters. The minimum absolute atomic E-state index is 0.0812. The maximum absolute atomic E-state index is 10.5. The van der Waals surface area contributed by atoms with Crippen LogP contribution in [-0.4, -0.2) is 34.9 Å². The van der Waals surface area contributed by atoms with E-state index in [9.17, 15) is 19.2 Å². The fourth-order valence-corrected chi connectivity index (χ4v) is 4.80. The standard InChI is InChI=1S/C13H17N.C10H14.C8H12.C7H12O2.C5H10O2.C4H8O/c1-3-5-11-9-14-13-7-6-10(4-2)8-12(11)13;1-3-4-10-7-5-9(2)6-8-10;1-2-5-8-6-3-4-7-8;1-5(7(3)9)4-6(2)8;1-3-5(6)7-4-2;1-3-4(2)5/h6-9,14H,3-5H2,1-2H3;5-8H,3-4H2,1-2H3;3-4,6H,2,5,7H2,1H3;5H,4H2,1-3H3;3-4H2,1-2H3;3H2,1-2H3. The van der Waals surface area contributed by atoms with Crippen molar-refractivity contribution in [3.8, 4) is 0 Å². The summed E-state index contributed by atoms with van der Waals surface area (Å²) >= 11 is 0. The van der Waals surface area contributed by atoms with E-state index in [0.717, 1.165) is 6.42 Å². The zero-order chi connectivity index (χ0) is 40.6. The van der Waals surface area contributed by atoms with E-state index in [-0.39, 0.29) is 29.2 Å². The molecule has 0 fully saturated rings. The molecule has 1 aliphatic rings. The van der Waals surface area contributed by atoms with Gasteiger partial charge >= 0.3 is 5.97 Å². The molecule has 1 aliphatic carbocycles. The molecule has 1 heterocycles. The van der Waals surface area contributed by atoms with Crippen molar-refractivity contribution in [3.05, 3.63) is 94.7 Å². The van der Waals surface area contributed by atoms with Crippen molar-refractivity contribution in [1.82, 2.24) is 4.98 Å². The van der Waals surface area contributed by atoms with E-state index >= 15 is 0 Å². The molecule has 0 bridgehead atoms. The van der Waals surface area contributed by atoms with Crippen molar-refractivity contribution in [1.29, 1.82) is 0 Å². The van der Waals surface area contributed by atoms with Crippen LogP contribution in [0.1, 0.15) is 150 Å². The second kappa shape index (κ2) is 32.6. The molecule has 0 saturated heterocycles. The van der Waals surface area contributed by atoms with E-state index in [1.165, 1.54) is 91.9 Å². The Labute approximate surface area is 323 Å². The van der Waals surface area contributed by atoms with Crippen LogP contribution in [-0.2, 0) is 43.2 Å². The van der Waals surface area contributed by atoms with E-state index in [0.29, 0.717) is 25.9 Å². The van der Waals surface area contributed by atoms with Gasteiger partial charge in [0.15, 0.2) is 0 Å². The number of ketones is 3. The van der Waals surface area contributed by atoms with Gasteiger partial charge in [-0.2, -0.15) is 0 Å². The number of carbonyl (C=O) groups excluding carboxylic acids is 4. The second-order valence-electron chi connectivity index (χ2n) is 13.4. The molecule has 0 aliphatic heterocycles. The Balaban J connectivity index is 0. The average molecular weight is 732 g/mol. The molecule has 0 saturated carbocycles. The average Bonchev–Trinajstić information content (AvgIpc) is 3.81. The summed E-state index contributed by atoms with van der Waals surface area (Å²) in [5.74, 6) is 0.206. The van der Waals surface area contributed by atoms with Gasteiger partial charge in [0.2, 0.25) is 0 Å². The summed E-state index contributed by atoms with van der Waals surface area (Å²) in [5, 5.41) is 1.41. The molecule has 3 aromatic rings. The summed E-state index contributed by atoms with van der Waals surface area (Å²) in [6, 6.07) is 15.5. The van der Waals surface area contributed by atoms with Gasteiger partial charge in [-0.1, -0.05) is 127 Å². The normalized spacial score (nSPS) is 11.3. The number of aryl methyl sites for hydroxylation is 4. The monoisotopic (exact) mass is 732 g/mol. The summed E-state index contributed by atoms with van der Waals surface area (Å²) in [7, 11) is 0. The smallest absolute Gasteiger partial charge is 0.305 e. The Hall–Kier alpha value is -4.06. The van der Waals surface area contributed by atoms with Crippen LogP contribution in [0.3, 0.4) is 0 Å². The third-order valence-corrected chi connectivity index (χ3v) is 8.22. The number of ether oxygens (including phenoxy) is 1. The lowest BCUT2D eigenvalue weighted by Crippen LogP contribution is -2.09. The van der Waals surface area contributed by atoms with E-state index < -0.39 is 0 Å². The summed E-state index contributed by atoms with van der Waals surface area (Å²) in [4.78, 5) is 44.3. The highest BCUT2D eigenvalue weighted by molar-refractivity contribution is 5.85. The van der Waals surface area contributed by atoms with Crippen molar-refractivity contribution in [2.45, 2.75) is 154 Å². The number of hydrogen-bond acceptors (Lipinski definition) is 5. The fourth-order valence-electron chi connectivity index (χ4n) is 4.80. The van der Waals surface area contributed by atoms with Crippen molar-refractivity contribution < 1.29 is 23.9 Å². The van der Waals surface area contributed by atoms with E-state index in [1.54, 1.807) is 33.3 Å². The van der Waals surface area contributed by atoms with Gasteiger partial charge in [-0.25, -0.2) is 0 Å². The maximum atomic E-state index is 10.5. The molecule has 6 nitrogen and oxygen atoms in total. The van der Waals surface area contributed by atoms with E-state index in [1.807, 2.05) is 6.92 Å². The van der Waals surface area contributed by atoms with Gasteiger partial charge in [-0.15, -0.1) is 0 Å². The van der Waals surface area contributed by atoms with Crippen molar-refractivity contribution >= 4 is 34.2 Å². The predicted octanol–water partition coefficient (Wildman–Crippen LogP) is 12.4. The van der Waals surface area contributed by atoms with Crippen molar-refractivity contribution in [3.63, 3.8) is 0 Å². The Kier molecular flexibility index (Phi) is 31.4. The number of benzene rings is 2. The number of hydrogen-bond donors (Lipinski definition) is 1. The summed E-state index contributed by atoms with van der Waals surface area (Å²) in [5.41, 5.74) is 8.54. The van der Waals surface area contributed by atoms with Crippen molar-refractivity contribution in [2.75, 3.05) is 6.61 Å². The first-order valence-electron chi connectivity index (χ1n) is 19.9. The predicted molar refractivity (Wildman–Crippen MR) is 227 cm³/mol. The van der Waals surface area contributed by atoms with E-state index in [4.69, 9.17) is 0 Å². The number of aromatic nitrogens is 1.